The summed E-state index contributed by atoms with van der Waals surface area (Å²) in [5.41, 5.74) is 0. The number of rotatable bonds is 4. The zero-order chi connectivity index (χ0) is 13.2. The van der Waals surface area contributed by atoms with Crippen LogP contribution in [0.1, 0.15) is 19.3 Å². The van der Waals surface area contributed by atoms with Crippen molar-refractivity contribution in [1.29, 1.82) is 0 Å². The Morgan fingerprint density at radius 3 is 2.61 bits per heavy atom. The number of aliphatic carboxylic acids is 1. The summed E-state index contributed by atoms with van der Waals surface area (Å²) >= 11 is 0. The molecule has 0 aliphatic carbocycles. The summed E-state index contributed by atoms with van der Waals surface area (Å²) < 4.78 is 25.8. The Kier molecular flexibility index (Phi) is 3.72. The minimum atomic E-state index is -3.42. The molecular weight excluding hydrogens is 256 g/mol. The maximum absolute atomic E-state index is 12.2. The van der Waals surface area contributed by atoms with Gasteiger partial charge in [0.2, 0.25) is 10.0 Å². The van der Waals surface area contributed by atoms with E-state index < -0.39 is 16.0 Å². The van der Waals surface area contributed by atoms with Crippen LogP contribution in [0.2, 0.25) is 0 Å². The highest BCUT2D eigenvalue weighted by molar-refractivity contribution is 7.89. The summed E-state index contributed by atoms with van der Waals surface area (Å²) in [4.78, 5) is 13.6. The SMILES string of the molecule is O=C(O)CC1CCN(S(=O)(=O)c2cc[nH]c2)CC1. The van der Waals surface area contributed by atoms with Crippen LogP contribution < -0.4 is 0 Å². The third-order valence-electron chi connectivity index (χ3n) is 3.24. The van der Waals surface area contributed by atoms with Crippen molar-refractivity contribution in [2.75, 3.05) is 13.1 Å². The fourth-order valence-corrected chi connectivity index (χ4v) is 3.67. The molecule has 1 aromatic heterocycles. The van der Waals surface area contributed by atoms with E-state index in [1.54, 1.807) is 6.20 Å². The lowest BCUT2D eigenvalue weighted by molar-refractivity contribution is -0.138. The molecule has 0 radical (unpaired) electrons. The Labute approximate surface area is 106 Å². The van der Waals surface area contributed by atoms with Gasteiger partial charge < -0.3 is 10.1 Å². The van der Waals surface area contributed by atoms with Gasteiger partial charge in [-0.05, 0) is 24.8 Å². The largest absolute Gasteiger partial charge is 0.481 e. The van der Waals surface area contributed by atoms with E-state index >= 15 is 0 Å². The first-order chi connectivity index (χ1) is 8.50. The number of piperidine rings is 1. The molecule has 2 rings (SSSR count). The van der Waals surface area contributed by atoms with Gasteiger partial charge in [-0.1, -0.05) is 0 Å². The molecule has 0 amide bonds. The van der Waals surface area contributed by atoms with Crippen molar-refractivity contribution in [2.24, 2.45) is 5.92 Å². The van der Waals surface area contributed by atoms with Gasteiger partial charge in [0.15, 0.2) is 0 Å². The summed E-state index contributed by atoms with van der Waals surface area (Å²) in [5, 5.41) is 8.71. The van der Waals surface area contributed by atoms with Crippen molar-refractivity contribution in [3.63, 3.8) is 0 Å². The average molecular weight is 272 g/mol. The van der Waals surface area contributed by atoms with Crippen LogP contribution in [0.4, 0.5) is 0 Å². The highest BCUT2D eigenvalue weighted by Gasteiger charge is 2.30. The van der Waals surface area contributed by atoms with E-state index in [2.05, 4.69) is 4.98 Å². The summed E-state index contributed by atoms with van der Waals surface area (Å²) in [6.45, 7) is 0.789. The Balaban J connectivity index is 2.00. The Morgan fingerprint density at radius 1 is 1.44 bits per heavy atom. The molecular formula is C11H16N2O4S. The molecule has 0 saturated carbocycles. The van der Waals surface area contributed by atoms with Crippen molar-refractivity contribution in [3.8, 4) is 0 Å². The van der Waals surface area contributed by atoms with Crippen LogP contribution in [-0.2, 0) is 14.8 Å². The van der Waals surface area contributed by atoms with Crippen molar-refractivity contribution in [1.82, 2.24) is 9.29 Å². The third-order valence-corrected chi connectivity index (χ3v) is 5.14. The molecule has 0 bridgehead atoms. The predicted molar refractivity (Wildman–Crippen MR) is 64.5 cm³/mol. The number of H-pyrrole nitrogens is 1. The van der Waals surface area contributed by atoms with E-state index in [1.807, 2.05) is 0 Å². The molecule has 2 N–H and O–H groups in total. The van der Waals surface area contributed by atoms with E-state index in [4.69, 9.17) is 5.11 Å². The lowest BCUT2D eigenvalue weighted by Gasteiger charge is -2.30. The van der Waals surface area contributed by atoms with Crippen molar-refractivity contribution in [3.05, 3.63) is 18.5 Å². The molecule has 7 heteroatoms. The van der Waals surface area contributed by atoms with E-state index in [9.17, 15) is 13.2 Å². The van der Waals surface area contributed by atoms with Gasteiger partial charge in [-0.15, -0.1) is 0 Å². The molecule has 0 atom stereocenters. The van der Waals surface area contributed by atoms with E-state index in [1.165, 1.54) is 16.6 Å². The molecule has 6 nitrogen and oxygen atoms in total. The monoisotopic (exact) mass is 272 g/mol. The molecule has 100 valence electrons. The summed E-state index contributed by atoms with van der Waals surface area (Å²) in [5.74, 6) is -0.734. The van der Waals surface area contributed by atoms with Crippen molar-refractivity contribution >= 4 is 16.0 Å². The molecule has 0 spiro atoms. The number of aromatic amines is 1. The minimum Gasteiger partial charge on any atom is -0.481 e. The summed E-state index contributed by atoms with van der Waals surface area (Å²) in [6, 6.07) is 1.53. The van der Waals surface area contributed by atoms with Crippen molar-refractivity contribution in [2.45, 2.75) is 24.2 Å². The van der Waals surface area contributed by atoms with Gasteiger partial charge >= 0.3 is 5.97 Å². The number of carboxylic acids is 1. The van der Waals surface area contributed by atoms with Crippen LogP contribution in [0.15, 0.2) is 23.4 Å². The molecule has 1 fully saturated rings. The van der Waals surface area contributed by atoms with Crippen LogP contribution in [0.3, 0.4) is 0 Å². The summed E-state index contributed by atoms with van der Waals surface area (Å²) in [6.07, 6.45) is 4.37. The zero-order valence-electron chi connectivity index (χ0n) is 9.87. The Hall–Kier alpha value is -1.34. The lowest BCUT2D eigenvalue weighted by Crippen LogP contribution is -2.38. The standard InChI is InChI=1S/C11H16N2O4S/c14-11(15)7-9-2-5-13(6-3-9)18(16,17)10-1-4-12-8-10/h1,4,8-9,12H,2-3,5-7H2,(H,14,15). The minimum absolute atomic E-state index is 0.0835. The van der Waals surface area contributed by atoms with E-state index in [0.717, 1.165) is 0 Å². The predicted octanol–water partition coefficient (Wildman–Crippen LogP) is 0.890. The van der Waals surface area contributed by atoms with Crippen LogP contribution in [-0.4, -0.2) is 41.9 Å². The van der Waals surface area contributed by atoms with Crippen LogP contribution >= 0.6 is 0 Å². The van der Waals surface area contributed by atoms with Gasteiger partial charge in [0, 0.05) is 31.9 Å². The fraction of sp³-hybridized carbons (Fsp3) is 0.545. The third kappa shape index (κ3) is 2.73. The highest BCUT2D eigenvalue weighted by atomic mass is 32.2. The van der Waals surface area contributed by atoms with Crippen LogP contribution in [0.25, 0.3) is 0 Å². The molecule has 2 heterocycles. The number of sulfonamides is 1. The molecule has 1 aromatic rings. The Bertz CT molecular complexity index is 501. The Morgan fingerprint density at radius 2 is 2.11 bits per heavy atom. The molecule has 1 saturated heterocycles. The van der Waals surface area contributed by atoms with Gasteiger partial charge in [0.1, 0.15) is 0 Å². The highest BCUT2D eigenvalue weighted by Crippen LogP contribution is 2.25. The van der Waals surface area contributed by atoms with Crippen LogP contribution in [0.5, 0.6) is 0 Å². The quantitative estimate of drug-likeness (QED) is 0.851. The van der Waals surface area contributed by atoms with E-state index in [-0.39, 0.29) is 17.2 Å². The smallest absolute Gasteiger partial charge is 0.303 e. The van der Waals surface area contributed by atoms with Gasteiger partial charge in [-0.3, -0.25) is 4.79 Å². The molecule has 18 heavy (non-hydrogen) atoms. The number of carboxylic acid groups (broad SMARTS) is 1. The number of nitrogens with one attached hydrogen (secondary N) is 1. The summed E-state index contributed by atoms with van der Waals surface area (Å²) in [7, 11) is -3.42. The van der Waals surface area contributed by atoms with Gasteiger partial charge in [-0.2, -0.15) is 4.31 Å². The number of hydrogen-bond donors (Lipinski definition) is 2. The lowest BCUT2D eigenvalue weighted by atomic mass is 9.95. The first-order valence-corrected chi connectivity index (χ1v) is 7.29. The maximum atomic E-state index is 12.2. The molecule has 1 aliphatic heterocycles. The second-order valence-corrected chi connectivity index (χ2v) is 6.43. The van der Waals surface area contributed by atoms with E-state index in [0.29, 0.717) is 25.9 Å². The van der Waals surface area contributed by atoms with Crippen molar-refractivity contribution < 1.29 is 18.3 Å². The second-order valence-electron chi connectivity index (χ2n) is 4.49. The first-order valence-electron chi connectivity index (χ1n) is 5.85. The first kappa shape index (κ1) is 13.1. The van der Waals surface area contributed by atoms with Crippen LogP contribution in [0, 0.1) is 5.92 Å². The average Bonchev–Trinajstić information content (AvgIpc) is 2.83. The van der Waals surface area contributed by atoms with Gasteiger partial charge in [0.25, 0.3) is 0 Å². The number of nitrogens with zero attached hydrogens (tertiary/aromatic N) is 1. The number of hydrogen-bond acceptors (Lipinski definition) is 3. The fourth-order valence-electron chi connectivity index (χ4n) is 2.22. The maximum Gasteiger partial charge on any atom is 0.303 e. The molecule has 1 aliphatic rings. The van der Waals surface area contributed by atoms with Gasteiger partial charge in [-0.25, -0.2) is 8.42 Å². The zero-order valence-corrected chi connectivity index (χ0v) is 10.7. The normalized spacial score (nSPS) is 18.9. The molecule has 0 aromatic carbocycles. The number of carbonyl (C=O) groups is 1. The number of aromatic nitrogens is 1. The topological polar surface area (TPSA) is 90.5 Å². The second kappa shape index (κ2) is 5.11. The molecule has 0 unspecified atom stereocenters. The van der Waals surface area contributed by atoms with Gasteiger partial charge in [0.05, 0.1) is 4.90 Å².